The molecule has 3 aromatic rings. The molecule has 0 spiro atoms. The monoisotopic (exact) mass is 385 g/mol. The molecular weight excluding hydrogens is 362 g/mol. The molecule has 0 unspecified atom stereocenters. The van der Waals surface area contributed by atoms with Crippen molar-refractivity contribution >= 4 is 28.0 Å². The number of hydrogen-bond donors (Lipinski definition) is 2. The zero-order chi connectivity index (χ0) is 19.7. The second-order valence-corrected chi connectivity index (χ2v) is 7.38. The number of nitrogens with one attached hydrogen (secondary N) is 1. The number of anilines is 3. The van der Waals surface area contributed by atoms with Gasteiger partial charge in [0, 0.05) is 24.7 Å². The Labute approximate surface area is 161 Å². The van der Waals surface area contributed by atoms with E-state index in [2.05, 4.69) is 24.1 Å². The van der Waals surface area contributed by atoms with E-state index in [1.54, 1.807) is 5.38 Å². The van der Waals surface area contributed by atoms with Crippen molar-refractivity contribution in [2.45, 2.75) is 33.7 Å². The molecule has 3 rings (SSSR count). The third-order valence-electron chi connectivity index (χ3n) is 4.55. The molecule has 142 valence electrons. The van der Waals surface area contributed by atoms with Crippen molar-refractivity contribution in [3.05, 3.63) is 55.5 Å². The number of hydrogen-bond acceptors (Lipinski definition) is 6. The Morgan fingerprint density at radius 1 is 1.22 bits per heavy atom. The first-order valence-corrected chi connectivity index (χ1v) is 9.61. The molecule has 0 bridgehead atoms. The lowest BCUT2D eigenvalue weighted by Crippen LogP contribution is -2.40. The Hall–Kier alpha value is -2.87. The van der Waals surface area contributed by atoms with E-state index in [0.29, 0.717) is 17.4 Å². The van der Waals surface area contributed by atoms with Crippen LogP contribution in [0.3, 0.4) is 0 Å². The van der Waals surface area contributed by atoms with Gasteiger partial charge in [-0.3, -0.25) is 13.9 Å². The predicted octanol–water partition coefficient (Wildman–Crippen LogP) is 3.02. The van der Waals surface area contributed by atoms with Gasteiger partial charge in [-0.2, -0.15) is 0 Å². The first-order valence-electron chi connectivity index (χ1n) is 8.73. The van der Waals surface area contributed by atoms with Crippen LogP contribution in [-0.2, 0) is 13.6 Å². The van der Waals surface area contributed by atoms with Crippen molar-refractivity contribution in [3.63, 3.8) is 0 Å². The van der Waals surface area contributed by atoms with E-state index in [9.17, 15) is 9.59 Å². The largest absolute Gasteiger partial charge is 0.384 e. The van der Waals surface area contributed by atoms with Gasteiger partial charge in [-0.1, -0.05) is 13.0 Å². The zero-order valence-corrected chi connectivity index (χ0v) is 16.7. The lowest BCUT2D eigenvalue weighted by Gasteiger charge is -2.13. The van der Waals surface area contributed by atoms with Gasteiger partial charge in [0.1, 0.15) is 11.4 Å². The summed E-state index contributed by atoms with van der Waals surface area (Å²) in [5, 5.41) is 5.69. The van der Waals surface area contributed by atoms with Crippen LogP contribution in [0.5, 0.6) is 0 Å². The van der Waals surface area contributed by atoms with Gasteiger partial charge in [-0.25, -0.2) is 9.78 Å². The molecule has 7 nitrogen and oxygen atoms in total. The summed E-state index contributed by atoms with van der Waals surface area (Å²) < 4.78 is 2.50. The Balaban J connectivity index is 2.02. The molecule has 0 aliphatic heterocycles. The molecule has 27 heavy (non-hydrogen) atoms. The molecule has 0 aliphatic carbocycles. The first kappa shape index (κ1) is 18.9. The summed E-state index contributed by atoms with van der Waals surface area (Å²) in [6.45, 7) is 6.51. The summed E-state index contributed by atoms with van der Waals surface area (Å²) in [6, 6.07) is 6.07. The molecule has 8 heteroatoms. The average molecular weight is 385 g/mol. The van der Waals surface area contributed by atoms with Crippen molar-refractivity contribution in [2.75, 3.05) is 11.1 Å². The van der Waals surface area contributed by atoms with E-state index in [1.807, 2.05) is 25.1 Å². The lowest BCUT2D eigenvalue weighted by atomic mass is 10.1. The van der Waals surface area contributed by atoms with Gasteiger partial charge in [-0.15, -0.1) is 11.3 Å². The minimum Gasteiger partial charge on any atom is -0.384 e. The fraction of sp³-hybridized carbons (Fsp3) is 0.316. The Bertz CT molecular complexity index is 1110. The number of nitrogen functional groups attached to an aromatic ring is 1. The standard InChI is InChI=1S/C19H23N5O2S/c1-5-8-24-16(20)15(17(25)23(4)19(24)26)14-10-27-18(22-14)21-13-7-6-11(2)12(3)9-13/h6-7,9-10H,5,8,20H2,1-4H3,(H,21,22). The van der Waals surface area contributed by atoms with Crippen molar-refractivity contribution in [1.29, 1.82) is 0 Å². The predicted molar refractivity (Wildman–Crippen MR) is 111 cm³/mol. The van der Waals surface area contributed by atoms with Crippen LogP contribution in [-0.4, -0.2) is 14.1 Å². The molecule has 0 atom stereocenters. The fourth-order valence-electron chi connectivity index (χ4n) is 2.85. The molecule has 0 fully saturated rings. The Morgan fingerprint density at radius 3 is 2.63 bits per heavy atom. The molecule has 0 radical (unpaired) electrons. The van der Waals surface area contributed by atoms with Crippen LogP contribution < -0.4 is 22.3 Å². The number of aromatic nitrogens is 3. The lowest BCUT2D eigenvalue weighted by molar-refractivity contribution is 0.600. The third-order valence-corrected chi connectivity index (χ3v) is 5.31. The van der Waals surface area contributed by atoms with Crippen LogP contribution in [0, 0.1) is 13.8 Å². The minimum absolute atomic E-state index is 0.160. The summed E-state index contributed by atoms with van der Waals surface area (Å²) in [5.74, 6) is 0.160. The second kappa shape index (κ2) is 7.40. The van der Waals surface area contributed by atoms with E-state index >= 15 is 0 Å². The number of nitrogens with zero attached hydrogens (tertiary/aromatic N) is 3. The smallest absolute Gasteiger partial charge is 0.332 e. The normalized spacial score (nSPS) is 11.0. The summed E-state index contributed by atoms with van der Waals surface area (Å²) in [4.78, 5) is 29.5. The van der Waals surface area contributed by atoms with Gasteiger partial charge in [0.25, 0.3) is 5.56 Å². The number of benzene rings is 1. The molecule has 2 heterocycles. The number of rotatable bonds is 5. The quantitative estimate of drug-likeness (QED) is 0.704. The van der Waals surface area contributed by atoms with Crippen LogP contribution in [0.1, 0.15) is 24.5 Å². The van der Waals surface area contributed by atoms with Crippen molar-refractivity contribution in [2.24, 2.45) is 7.05 Å². The van der Waals surface area contributed by atoms with Crippen LogP contribution >= 0.6 is 11.3 Å². The highest BCUT2D eigenvalue weighted by Crippen LogP contribution is 2.28. The summed E-state index contributed by atoms with van der Waals surface area (Å²) in [5.41, 5.74) is 9.37. The number of aryl methyl sites for hydroxylation is 2. The van der Waals surface area contributed by atoms with E-state index in [0.717, 1.165) is 16.7 Å². The highest BCUT2D eigenvalue weighted by molar-refractivity contribution is 7.14. The Kier molecular flexibility index (Phi) is 5.18. The topological polar surface area (TPSA) is 94.9 Å². The zero-order valence-electron chi connectivity index (χ0n) is 15.9. The van der Waals surface area contributed by atoms with E-state index in [-0.39, 0.29) is 11.4 Å². The maximum absolute atomic E-state index is 12.6. The van der Waals surface area contributed by atoms with E-state index in [1.165, 1.54) is 34.1 Å². The van der Waals surface area contributed by atoms with Crippen molar-refractivity contribution in [3.8, 4) is 11.3 Å². The average Bonchev–Trinajstić information content (AvgIpc) is 3.08. The maximum Gasteiger partial charge on any atom is 0.332 e. The molecule has 0 saturated heterocycles. The second-order valence-electron chi connectivity index (χ2n) is 6.52. The van der Waals surface area contributed by atoms with Crippen LogP contribution in [0.25, 0.3) is 11.3 Å². The molecule has 1 aromatic carbocycles. The molecule has 0 aliphatic rings. The minimum atomic E-state index is -0.437. The molecule has 2 aromatic heterocycles. The summed E-state index contributed by atoms with van der Waals surface area (Å²) >= 11 is 1.38. The third kappa shape index (κ3) is 3.52. The number of thiazole rings is 1. The highest BCUT2D eigenvalue weighted by Gasteiger charge is 2.19. The SMILES string of the molecule is CCCn1c(N)c(-c2csc(Nc3ccc(C)c(C)c3)n2)c(=O)n(C)c1=O. The molecular formula is C19H23N5O2S. The highest BCUT2D eigenvalue weighted by atomic mass is 32.1. The molecule has 0 amide bonds. The van der Waals surface area contributed by atoms with E-state index < -0.39 is 11.2 Å². The van der Waals surface area contributed by atoms with Gasteiger partial charge in [0.2, 0.25) is 0 Å². The van der Waals surface area contributed by atoms with E-state index in [4.69, 9.17) is 5.73 Å². The van der Waals surface area contributed by atoms with Gasteiger partial charge in [0.05, 0.1) is 5.69 Å². The van der Waals surface area contributed by atoms with Gasteiger partial charge in [0.15, 0.2) is 5.13 Å². The maximum atomic E-state index is 12.6. The molecule has 3 N–H and O–H groups in total. The van der Waals surface area contributed by atoms with Crippen LogP contribution in [0.15, 0.2) is 33.2 Å². The number of nitrogens with two attached hydrogens (primary N) is 1. The van der Waals surface area contributed by atoms with Crippen molar-refractivity contribution < 1.29 is 0 Å². The molecule has 0 saturated carbocycles. The van der Waals surface area contributed by atoms with Crippen molar-refractivity contribution in [1.82, 2.24) is 14.1 Å². The van der Waals surface area contributed by atoms with Crippen LogP contribution in [0.2, 0.25) is 0 Å². The summed E-state index contributed by atoms with van der Waals surface area (Å²) in [7, 11) is 1.46. The van der Waals surface area contributed by atoms with Gasteiger partial charge < -0.3 is 11.1 Å². The first-order chi connectivity index (χ1) is 12.8. The van der Waals surface area contributed by atoms with Crippen LogP contribution in [0.4, 0.5) is 16.6 Å². The summed E-state index contributed by atoms with van der Waals surface area (Å²) in [6.07, 6.45) is 0.735. The Morgan fingerprint density at radius 2 is 1.96 bits per heavy atom. The van der Waals surface area contributed by atoms with Gasteiger partial charge in [-0.05, 0) is 43.5 Å². The fourth-order valence-corrected chi connectivity index (χ4v) is 3.57. The van der Waals surface area contributed by atoms with Gasteiger partial charge >= 0.3 is 5.69 Å².